The van der Waals surface area contributed by atoms with Crippen molar-refractivity contribution in [1.29, 1.82) is 0 Å². The summed E-state index contributed by atoms with van der Waals surface area (Å²) < 4.78 is 22.6. The third kappa shape index (κ3) is 7.43. The van der Waals surface area contributed by atoms with Gasteiger partial charge in [-0.1, -0.05) is 6.92 Å². The van der Waals surface area contributed by atoms with Crippen LogP contribution in [0.4, 0.5) is 0 Å². The van der Waals surface area contributed by atoms with Crippen LogP contribution in [-0.4, -0.2) is 27.0 Å². The molecule has 1 aromatic heterocycles. The first-order valence-electron chi connectivity index (χ1n) is 6.53. The Bertz CT molecular complexity index is 557. The number of nitrogens with two attached hydrogens (primary N) is 1. The fourth-order valence-electron chi connectivity index (χ4n) is 1.41. The molecule has 0 aromatic carbocycles. The molecular weight excluding hydrogens is 423 g/mol. The summed E-state index contributed by atoms with van der Waals surface area (Å²) in [6.45, 7) is 7.37. The van der Waals surface area contributed by atoms with Gasteiger partial charge in [0.05, 0.1) is 6.54 Å². The molecule has 0 saturated heterocycles. The zero-order chi connectivity index (χ0) is 15.2. The Hall–Kier alpha value is -0.390. The van der Waals surface area contributed by atoms with Crippen LogP contribution < -0.4 is 15.8 Å². The third-order valence-electron chi connectivity index (χ3n) is 2.65. The fourth-order valence-corrected chi connectivity index (χ4v) is 3.11. The Morgan fingerprint density at radius 3 is 2.57 bits per heavy atom. The van der Waals surface area contributed by atoms with Gasteiger partial charge in [0.2, 0.25) is 10.0 Å². The maximum atomic E-state index is 11.2. The summed E-state index contributed by atoms with van der Waals surface area (Å²) in [5.41, 5.74) is 0. The first-order chi connectivity index (χ1) is 9.36. The molecule has 0 bridgehead atoms. The maximum Gasteiger partial charge on any atom is 0.247 e. The Balaban J connectivity index is 0.00000400. The van der Waals surface area contributed by atoms with Gasteiger partial charge < -0.3 is 10.6 Å². The Labute approximate surface area is 147 Å². The highest BCUT2D eigenvalue weighted by Crippen LogP contribution is 2.20. The summed E-state index contributed by atoms with van der Waals surface area (Å²) in [7, 11) is -3.61. The van der Waals surface area contributed by atoms with E-state index < -0.39 is 10.0 Å². The average molecular weight is 446 g/mol. The quantitative estimate of drug-likeness (QED) is 0.353. The zero-order valence-corrected chi connectivity index (χ0v) is 16.4. The van der Waals surface area contributed by atoms with E-state index in [0.29, 0.717) is 12.6 Å². The summed E-state index contributed by atoms with van der Waals surface area (Å²) in [6, 6.07) is 3.58. The van der Waals surface area contributed by atoms with Crippen molar-refractivity contribution in [3.05, 3.63) is 17.0 Å². The topological polar surface area (TPSA) is 96.6 Å². The van der Waals surface area contributed by atoms with E-state index in [1.165, 1.54) is 6.07 Å². The molecule has 0 aliphatic carbocycles. The predicted octanol–water partition coefficient (Wildman–Crippen LogP) is 1.87. The molecule has 1 aromatic rings. The molecule has 0 radical (unpaired) electrons. The highest BCUT2D eigenvalue weighted by molar-refractivity contribution is 14.0. The molecule has 1 rings (SSSR count). The van der Waals surface area contributed by atoms with Crippen molar-refractivity contribution in [3.8, 4) is 0 Å². The Morgan fingerprint density at radius 1 is 1.43 bits per heavy atom. The number of nitrogens with zero attached hydrogens (tertiary/aromatic N) is 1. The summed E-state index contributed by atoms with van der Waals surface area (Å²) in [5, 5.41) is 11.5. The van der Waals surface area contributed by atoms with Crippen molar-refractivity contribution in [2.45, 2.75) is 44.0 Å². The number of hydrogen-bond donors (Lipinski definition) is 3. The van der Waals surface area contributed by atoms with E-state index in [1.807, 2.05) is 6.92 Å². The number of halogens is 1. The largest absolute Gasteiger partial charge is 0.357 e. The van der Waals surface area contributed by atoms with E-state index in [1.54, 1.807) is 6.07 Å². The predicted molar refractivity (Wildman–Crippen MR) is 98.8 cm³/mol. The summed E-state index contributed by atoms with van der Waals surface area (Å²) in [5.74, 6) is 0.729. The van der Waals surface area contributed by atoms with E-state index in [0.717, 1.165) is 35.1 Å². The van der Waals surface area contributed by atoms with E-state index in [-0.39, 0.29) is 28.2 Å². The fraction of sp³-hybridized carbons (Fsp3) is 0.583. The van der Waals surface area contributed by atoms with Crippen LogP contribution in [0.3, 0.4) is 0 Å². The Morgan fingerprint density at radius 2 is 2.10 bits per heavy atom. The number of thiophene rings is 1. The van der Waals surface area contributed by atoms with Crippen LogP contribution in [0.2, 0.25) is 0 Å². The number of primary sulfonamides is 1. The van der Waals surface area contributed by atoms with Crippen molar-refractivity contribution in [3.63, 3.8) is 0 Å². The molecule has 0 fully saturated rings. The Kier molecular flexibility index (Phi) is 9.41. The van der Waals surface area contributed by atoms with E-state index >= 15 is 0 Å². The molecule has 0 spiro atoms. The molecule has 0 saturated carbocycles. The molecule has 0 aliphatic heterocycles. The van der Waals surface area contributed by atoms with Gasteiger partial charge in [0.15, 0.2) is 5.96 Å². The molecule has 9 heteroatoms. The first kappa shape index (κ1) is 20.6. The van der Waals surface area contributed by atoms with Crippen LogP contribution in [0, 0.1) is 0 Å². The molecule has 1 atom stereocenters. The molecule has 0 amide bonds. The van der Waals surface area contributed by atoms with Crippen LogP contribution in [0.15, 0.2) is 21.3 Å². The lowest BCUT2D eigenvalue weighted by atomic mass is 10.3. The van der Waals surface area contributed by atoms with Gasteiger partial charge in [-0.05, 0) is 32.4 Å². The van der Waals surface area contributed by atoms with Crippen LogP contribution in [0.1, 0.15) is 32.1 Å². The minimum absolute atomic E-state index is 0. The minimum Gasteiger partial charge on any atom is -0.357 e. The monoisotopic (exact) mass is 446 g/mol. The molecule has 1 heterocycles. The second kappa shape index (κ2) is 9.59. The van der Waals surface area contributed by atoms with Crippen LogP contribution in [-0.2, 0) is 16.6 Å². The van der Waals surface area contributed by atoms with Crippen molar-refractivity contribution in [2.75, 3.05) is 6.54 Å². The number of aliphatic imine (C=N–C) groups is 1. The lowest BCUT2D eigenvalue weighted by molar-refractivity contribution is 0.600. The molecule has 122 valence electrons. The number of guanidine groups is 1. The second-order valence-electron chi connectivity index (χ2n) is 4.41. The van der Waals surface area contributed by atoms with Crippen LogP contribution in [0.25, 0.3) is 0 Å². The van der Waals surface area contributed by atoms with E-state index in [4.69, 9.17) is 5.14 Å². The van der Waals surface area contributed by atoms with Gasteiger partial charge in [-0.3, -0.25) is 0 Å². The van der Waals surface area contributed by atoms with Crippen molar-refractivity contribution in [1.82, 2.24) is 10.6 Å². The molecule has 21 heavy (non-hydrogen) atoms. The number of hydrogen-bond acceptors (Lipinski definition) is 4. The summed E-state index contributed by atoms with van der Waals surface area (Å²) in [4.78, 5) is 5.29. The molecule has 0 aliphatic rings. The molecule has 1 unspecified atom stereocenters. The summed E-state index contributed by atoms with van der Waals surface area (Å²) >= 11 is 1.15. The number of nitrogens with one attached hydrogen (secondary N) is 2. The highest BCUT2D eigenvalue weighted by atomic mass is 127. The zero-order valence-electron chi connectivity index (χ0n) is 12.4. The van der Waals surface area contributed by atoms with Crippen LogP contribution >= 0.6 is 35.3 Å². The highest BCUT2D eigenvalue weighted by Gasteiger charge is 2.11. The minimum atomic E-state index is -3.61. The lowest BCUT2D eigenvalue weighted by Crippen LogP contribution is -2.41. The normalized spacial score (nSPS) is 13.4. The molecule has 4 N–H and O–H groups in total. The van der Waals surface area contributed by atoms with Crippen LogP contribution in [0.5, 0.6) is 0 Å². The number of rotatable bonds is 6. The SMILES string of the molecule is CCNC(=NCc1ccc(S(N)(=O)=O)s1)NC(C)CC.I. The van der Waals surface area contributed by atoms with Crippen molar-refractivity contribution in [2.24, 2.45) is 10.1 Å². The van der Waals surface area contributed by atoms with Gasteiger partial charge >= 0.3 is 0 Å². The van der Waals surface area contributed by atoms with Crippen molar-refractivity contribution < 1.29 is 8.42 Å². The van der Waals surface area contributed by atoms with Crippen molar-refractivity contribution >= 4 is 51.3 Å². The van der Waals surface area contributed by atoms with Gasteiger partial charge in [-0.2, -0.15) is 0 Å². The van der Waals surface area contributed by atoms with E-state index in [9.17, 15) is 8.42 Å². The van der Waals surface area contributed by atoms with Gasteiger partial charge in [0.25, 0.3) is 0 Å². The van der Waals surface area contributed by atoms with E-state index in [2.05, 4.69) is 29.5 Å². The number of sulfonamides is 1. The van der Waals surface area contributed by atoms with Gasteiger partial charge in [-0.25, -0.2) is 18.5 Å². The molecule has 6 nitrogen and oxygen atoms in total. The first-order valence-corrected chi connectivity index (χ1v) is 8.89. The van der Waals surface area contributed by atoms with Gasteiger partial charge in [0, 0.05) is 17.5 Å². The maximum absolute atomic E-state index is 11.2. The standard InChI is InChI=1S/C12H22N4O2S2.HI/c1-4-9(3)16-12(14-5-2)15-8-10-6-7-11(19-10)20(13,17)18;/h6-7,9H,4-5,8H2,1-3H3,(H2,13,17,18)(H2,14,15,16);1H. The second-order valence-corrected chi connectivity index (χ2v) is 7.37. The summed E-state index contributed by atoms with van der Waals surface area (Å²) in [6.07, 6.45) is 0.999. The average Bonchev–Trinajstić information content (AvgIpc) is 2.84. The third-order valence-corrected chi connectivity index (χ3v) is 5.16. The van der Waals surface area contributed by atoms with Gasteiger partial charge in [0.1, 0.15) is 4.21 Å². The molecular formula is C12H23IN4O2S2. The lowest BCUT2D eigenvalue weighted by Gasteiger charge is -2.15. The van der Waals surface area contributed by atoms with Gasteiger partial charge in [-0.15, -0.1) is 35.3 Å². The smallest absolute Gasteiger partial charge is 0.247 e.